The number of carbonyl (C=O) groups is 2. The van der Waals surface area contributed by atoms with Crippen molar-refractivity contribution in [3.8, 4) is 5.75 Å². The molecule has 7 heteroatoms. The van der Waals surface area contributed by atoms with Gasteiger partial charge in [0, 0.05) is 6.54 Å². The highest BCUT2D eigenvalue weighted by atomic mass is 35.5. The van der Waals surface area contributed by atoms with E-state index in [2.05, 4.69) is 17.5 Å². The summed E-state index contributed by atoms with van der Waals surface area (Å²) in [6.07, 6.45) is 9.19. The molecule has 0 atom stereocenters. The molecule has 1 aromatic rings. The number of likely N-dealkylation sites (tertiary alicyclic amines) is 1. The van der Waals surface area contributed by atoms with Gasteiger partial charge in [-0.05, 0) is 50.4 Å². The van der Waals surface area contributed by atoms with Gasteiger partial charge in [-0.25, -0.2) is 9.59 Å². The lowest BCUT2D eigenvalue weighted by molar-refractivity contribution is -0.159. The molecule has 1 aliphatic rings. The Balaban J connectivity index is 0.000000527. The van der Waals surface area contributed by atoms with Crippen LogP contribution in [-0.2, 0) is 16.0 Å². The van der Waals surface area contributed by atoms with Gasteiger partial charge in [-0.3, -0.25) is 0 Å². The first-order valence-electron chi connectivity index (χ1n) is 9.15. The Morgan fingerprint density at radius 2 is 1.78 bits per heavy atom. The molecule has 0 saturated carbocycles. The topological polar surface area (TPSA) is 87.1 Å². The lowest BCUT2D eigenvalue weighted by Gasteiger charge is -2.20. The Hall–Kier alpha value is -2.05. The number of ether oxygens (including phenoxy) is 1. The molecule has 150 valence electrons. The van der Waals surface area contributed by atoms with Crippen LogP contribution in [0.25, 0.3) is 0 Å². The van der Waals surface area contributed by atoms with Crippen molar-refractivity contribution in [2.45, 2.75) is 38.5 Å². The summed E-state index contributed by atoms with van der Waals surface area (Å²) in [4.78, 5) is 20.8. The van der Waals surface area contributed by atoms with Gasteiger partial charge in [-0.1, -0.05) is 42.7 Å². The van der Waals surface area contributed by atoms with Gasteiger partial charge in [0.15, 0.2) is 0 Å². The summed E-state index contributed by atoms with van der Waals surface area (Å²) in [7, 11) is 0. The first-order valence-corrected chi connectivity index (χ1v) is 9.53. The van der Waals surface area contributed by atoms with Crippen LogP contribution in [0.2, 0.25) is 5.02 Å². The van der Waals surface area contributed by atoms with Gasteiger partial charge >= 0.3 is 11.9 Å². The minimum absolute atomic E-state index is 0.698. The van der Waals surface area contributed by atoms with E-state index in [1.165, 1.54) is 38.8 Å². The highest BCUT2D eigenvalue weighted by molar-refractivity contribution is 6.32. The largest absolute Gasteiger partial charge is 0.492 e. The number of rotatable bonds is 7. The fourth-order valence-electron chi connectivity index (χ4n) is 2.85. The number of carboxylic acid groups (broad SMARTS) is 2. The lowest BCUT2D eigenvalue weighted by Crippen LogP contribution is -2.26. The number of carboxylic acids is 2. The van der Waals surface area contributed by atoms with Crippen LogP contribution in [0.4, 0.5) is 0 Å². The van der Waals surface area contributed by atoms with E-state index in [0.717, 1.165) is 37.3 Å². The van der Waals surface area contributed by atoms with E-state index in [1.54, 1.807) is 0 Å². The van der Waals surface area contributed by atoms with Crippen LogP contribution in [0.1, 0.15) is 37.7 Å². The van der Waals surface area contributed by atoms with Crippen LogP contribution in [0.15, 0.2) is 30.9 Å². The zero-order chi connectivity index (χ0) is 20.1. The second-order valence-electron chi connectivity index (χ2n) is 6.29. The van der Waals surface area contributed by atoms with Crippen LogP contribution < -0.4 is 4.74 Å². The van der Waals surface area contributed by atoms with Gasteiger partial charge in [0.25, 0.3) is 0 Å². The molecule has 0 unspecified atom stereocenters. The second-order valence-corrected chi connectivity index (χ2v) is 6.70. The molecule has 2 rings (SSSR count). The SMILES string of the molecule is C=CCc1cccc(Cl)c1OCCCN1CCCCCC1.O=C(O)C(=O)O. The predicted octanol–water partition coefficient (Wildman–Crippen LogP) is 3.87. The van der Waals surface area contributed by atoms with E-state index in [1.807, 2.05) is 18.2 Å². The summed E-state index contributed by atoms with van der Waals surface area (Å²) >= 11 is 6.24. The first-order chi connectivity index (χ1) is 13.0. The summed E-state index contributed by atoms with van der Waals surface area (Å²) < 4.78 is 5.94. The highest BCUT2D eigenvalue weighted by Crippen LogP contribution is 2.29. The Bertz CT molecular complexity index is 600. The molecule has 6 nitrogen and oxygen atoms in total. The number of hydrogen-bond acceptors (Lipinski definition) is 4. The number of halogens is 1. The fraction of sp³-hybridized carbons (Fsp3) is 0.500. The van der Waals surface area contributed by atoms with Gasteiger partial charge in [0.2, 0.25) is 0 Å². The number of benzene rings is 1. The molecule has 0 spiro atoms. The van der Waals surface area contributed by atoms with Gasteiger partial charge in [0.1, 0.15) is 5.75 Å². The number of para-hydroxylation sites is 1. The quantitative estimate of drug-likeness (QED) is 0.412. The zero-order valence-electron chi connectivity index (χ0n) is 15.5. The smallest absolute Gasteiger partial charge is 0.414 e. The van der Waals surface area contributed by atoms with Crippen molar-refractivity contribution >= 4 is 23.5 Å². The molecule has 2 N–H and O–H groups in total. The molecule has 0 amide bonds. The maximum absolute atomic E-state index is 9.10. The fourth-order valence-corrected chi connectivity index (χ4v) is 3.10. The average Bonchev–Trinajstić information content (AvgIpc) is 2.90. The maximum Gasteiger partial charge on any atom is 0.414 e. The van der Waals surface area contributed by atoms with E-state index >= 15 is 0 Å². The Kier molecular flexibility index (Phi) is 11.2. The zero-order valence-corrected chi connectivity index (χ0v) is 16.3. The molecule has 0 bridgehead atoms. The number of hydrogen-bond donors (Lipinski definition) is 2. The third-order valence-corrected chi connectivity index (χ3v) is 4.46. The van der Waals surface area contributed by atoms with E-state index in [0.29, 0.717) is 5.02 Å². The molecule has 1 heterocycles. The third-order valence-electron chi connectivity index (χ3n) is 4.16. The van der Waals surface area contributed by atoms with E-state index in [-0.39, 0.29) is 0 Å². The van der Waals surface area contributed by atoms with E-state index in [9.17, 15) is 0 Å². The molecule has 0 aromatic heterocycles. The predicted molar refractivity (Wildman–Crippen MR) is 106 cm³/mol. The Labute approximate surface area is 165 Å². The molecule has 1 aromatic carbocycles. The van der Waals surface area contributed by atoms with E-state index < -0.39 is 11.9 Å². The van der Waals surface area contributed by atoms with Gasteiger partial charge in [0.05, 0.1) is 11.6 Å². The summed E-state index contributed by atoms with van der Waals surface area (Å²) in [5.41, 5.74) is 1.12. The van der Waals surface area contributed by atoms with Crippen LogP contribution in [0.3, 0.4) is 0 Å². The Morgan fingerprint density at radius 1 is 1.15 bits per heavy atom. The van der Waals surface area contributed by atoms with Crippen molar-refractivity contribution < 1.29 is 24.5 Å². The molecule has 27 heavy (non-hydrogen) atoms. The van der Waals surface area contributed by atoms with E-state index in [4.69, 9.17) is 36.1 Å². The minimum Gasteiger partial charge on any atom is -0.492 e. The molecule has 1 aliphatic heterocycles. The lowest BCUT2D eigenvalue weighted by atomic mass is 10.1. The van der Waals surface area contributed by atoms with Crippen molar-refractivity contribution in [3.05, 3.63) is 41.4 Å². The van der Waals surface area contributed by atoms with Gasteiger partial charge < -0.3 is 19.8 Å². The molecular formula is C20H28ClNO5. The monoisotopic (exact) mass is 397 g/mol. The summed E-state index contributed by atoms with van der Waals surface area (Å²) in [6.45, 7) is 8.13. The number of allylic oxidation sites excluding steroid dienone is 1. The highest BCUT2D eigenvalue weighted by Gasteiger charge is 2.10. The van der Waals surface area contributed by atoms with Crippen molar-refractivity contribution in [1.29, 1.82) is 0 Å². The van der Waals surface area contributed by atoms with Crippen molar-refractivity contribution in [2.24, 2.45) is 0 Å². The third kappa shape index (κ3) is 9.45. The van der Waals surface area contributed by atoms with Crippen molar-refractivity contribution in [2.75, 3.05) is 26.2 Å². The summed E-state index contributed by atoms with van der Waals surface area (Å²) in [5.74, 6) is -2.82. The minimum atomic E-state index is -1.82. The molecule has 1 fully saturated rings. The summed E-state index contributed by atoms with van der Waals surface area (Å²) in [5, 5.41) is 15.5. The summed E-state index contributed by atoms with van der Waals surface area (Å²) in [6, 6.07) is 5.90. The van der Waals surface area contributed by atoms with Crippen molar-refractivity contribution in [1.82, 2.24) is 4.90 Å². The molecule has 0 aliphatic carbocycles. The van der Waals surface area contributed by atoms with Crippen molar-refractivity contribution in [3.63, 3.8) is 0 Å². The number of aliphatic carboxylic acids is 2. The maximum atomic E-state index is 9.10. The first kappa shape index (κ1) is 23.0. The number of nitrogens with zero attached hydrogens (tertiary/aromatic N) is 1. The van der Waals surface area contributed by atoms with Gasteiger partial charge in [-0.15, -0.1) is 6.58 Å². The Morgan fingerprint density at radius 3 is 2.33 bits per heavy atom. The normalized spacial score (nSPS) is 14.4. The second kappa shape index (κ2) is 13.2. The van der Waals surface area contributed by atoms with Crippen LogP contribution in [-0.4, -0.2) is 53.3 Å². The van der Waals surface area contributed by atoms with Gasteiger partial charge in [-0.2, -0.15) is 0 Å². The molecule has 1 saturated heterocycles. The van der Waals surface area contributed by atoms with Crippen LogP contribution in [0.5, 0.6) is 5.75 Å². The molecule has 0 radical (unpaired) electrons. The molecular weight excluding hydrogens is 370 g/mol. The van der Waals surface area contributed by atoms with Crippen LogP contribution >= 0.6 is 11.6 Å². The van der Waals surface area contributed by atoms with Crippen LogP contribution in [0, 0.1) is 0 Å². The standard InChI is InChI=1S/C18H26ClNO.C2H2O4/c1-2-9-16-10-7-11-17(19)18(16)21-15-8-14-20-12-5-3-4-6-13-20;3-1(4)2(5)6/h2,7,10-11H,1,3-6,8-9,12-15H2;(H,3,4)(H,5,6). The average molecular weight is 398 g/mol.